The summed E-state index contributed by atoms with van der Waals surface area (Å²) >= 11 is 0. The first kappa shape index (κ1) is 17.0. The zero-order chi connectivity index (χ0) is 17.6. The molecule has 2 amide bonds. The van der Waals surface area contributed by atoms with Crippen molar-refractivity contribution in [3.05, 3.63) is 59.7 Å². The molecule has 2 aromatic carbocycles. The fraction of sp³-hybridized carbons (Fsp3) is 0.300. The minimum atomic E-state index is -0.147. The van der Waals surface area contributed by atoms with Crippen molar-refractivity contribution in [2.24, 2.45) is 0 Å². The van der Waals surface area contributed by atoms with Gasteiger partial charge in [0.05, 0.1) is 6.04 Å². The van der Waals surface area contributed by atoms with Gasteiger partial charge in [-0.25, -0.2) is 0 Å². The molecular weight excluding hydrogens is 316 g/mol. The van der Waals surface area contributed by atoms with Gasteiger partial charge < -0.3 is 15.4 Å². The van der Waals surface area contributed by atoms with Gasteiger partial charge in [-0.15, -0.1) is 0 Å². The summed E-state index contributed by atoms with van der Waals surface area (Å²) < 4.78 is 5.56. The number of hydrogen-bond donors (Lipinski definition) is 2. The summed E-state index contributed by atoms with van der Waals surface area (Å²) in [6.45, 7) is 1.39. The van der Waals surface area contributed by atoms with Crippen LogP contribution < -0.4 is 15.4 Å². The molecule has 0 unspecified atom stereocenters. The lowest BCUT2D eigenvalue weighted by atomic mass is 9.88. The molecule has 1 aliphatic rings. The topological polar surface area (TPSA) is 67.4 Å². The van der Waals surface area contributed by atoms with Crippen LogP contribution in [0.4, 0.5) is 5.69 Å². The number of ether oxygens (including phenoxy) is 1. The van der Waals surface area contributed by atoms with Crippen LogP contribution in [0.3, 0.4) is 0 Å². The predicted molar refractivity (Wildman–Crippen MR) is 96.5 cm³/mol. The first-order chi connectivity index (χ1) is 12.1. The zero-order valence-corrected chi connectivity index (χ0v) is 14.2. The molecule has 0 aliphatic heterocycles. The number of anilines is 1. The zero-order valence-electron chi connectivity index (χ0n) is 14.2. The van der Waals surface area contributed by atoms with E-state index in [4.69, 9.17) is 4.74 Å². The molecule has 130 valence electrons. The number of aryl methyl sites for hydroxylation is 1. The molecule has 5 nitrogen and oxygen atoms in total. The highest BCUT2D eigenvalue weighted by molar-refractivity contribution is 5.88. The Labute approximate surface area is 147 Å². The van der Waals surface area contributed by atoms with Crippen molar-refractivity contribution < 1.29 is 14.3 Å². The number of nitrogens with one attached hydrogen (secondary N) is 2. The van der Waals surface area contributed by atoms with Crippen molar-refractivity contribution in [1.82, 2.24) is 5.32 Å². The van der Waals surface area contributed by atoms with Crippen LogP contribution in [0.2, 0.25) is 0 Å². The lowest BCUT2D eigenvalue weighted by molar-refractivity contribution is -0.124. The van der Waals surface area contributed by atoms with Crippen LogP contribution >= 0.6 is 0 Å². The van der Waals surface area contributed by atoms with E-state index in [1.165, 1.54) is 18.1 Å². The quantitative estimate of drug-likeness (QED) is 0.879. The summed E-state index contributed by atoms with van der Waals surface area (Å²) in [5, 5.41) is 5.75. The minimum Gasteiger partial charge on any atom is -0.484 e. The molecule has 0 radical (unpaired) electrons. The largest absolute Gasteiger partial charge is 0.484 e. The number of carbonyl (C=O) groups excluding carboxylic acids is 2. The van der Waals surface area contributed by atoms with Crippen molar-refractivity contribution in [3.63, 3.8) is 0 Å². The maximum absolute atomic E-state index is 12.3. The third-order valence-electron chi connectivity index (χ3n) is 4.23. The van der Waals surface area contributed by atoms with Crippen LogP contribution in [0.15, 0.2) is 48.5 Å². The maximum Gasteiger partial charge on any atom is 0.258 e. The lowest BCUT2D eigenvalue weighted by Gasteiger charge is -2.26. The molecular formula is C20H22N2O3. The van der Waals surface area contributed by atoms with E-state index in [1.54, 1.807) is 24.3 Å². The van der Waals surface area contributed by atoms with E-state index in [0.29, 0.717) is 11.4 Å². The summed E-state index contributed by atoms with van der Waals surface area (Å²) in [6.07, 6.45) is 3.08. The Morgan fingerprint density at radius 2 is 2.00 bits per heavy atom. The first-order valence-corrected chi connectivity index (χ1v) is 8.49. The lowest BCUT2D eigenvalue weighted by Crippen LogP contribution is -2.34. The minimum absolute atomic E-state index is 0.0479. The summed E-state index contributed by atoms with van der Waals surface area (Å²) in [4.78, 5) is 23.3. The molecule has 1 atom stereocenters. The second-order valence-electron chi connectivity index (χ2n) is 6.21. The highest BCUT2D eigenvalue weighted by Crippen LogP contribution is 2.29. The Bertz CT molecular complexity index is 773. The molecule has 0 bridgehead atoms. The van der Waals surface area contributed by atoms with E-state index in [0.717, 1.165) is 19.3 Å². The third kappa shape index (κ3) is 4.59. The van der Waals surface area contributed by atoms with E-state index >= 15 is 0 Å². The molecule has 0 spiro atoms. The third-order valence-corrected chi connectivity index (χ3v) is 4.23. The average molecular weight is 338 g/mol. The van der Waals surface area contributed by atoms with Gasteiger partial charge in [0, 0.05) is 18.7 Å². The molecule has 25 heavy (non-hydrogen) atoms. The highest BCUT2D eigenvalue weighted by atomic mass is 16.5. The Kier molecular flexibility index (Phi) is 5.33. The van der Waals surface area contributed by atoms with Gasteiger partial charge >= 0.3 is 0 Å². The highest BCUT2D eigenvalue weighted by Gasteiger charge is 2.21. The van der Waals surface area contributed by atoms with Crippen LogP contribution in [-0.4, -0.2) is 18.4 Å². The van der Waals surface area contributed by atoms with Crippen LogP contribution in [0, 0.1) is 0 Å². The van der Waals surface area contributed by atoms with Crippen molar-refractivity contribution in [3.8, 4) is 5.75 Å². The Morgan fingerprint density at radius 1 is 1.16 bits per heavy atom. The van der Waals surface area contributed by atoms with Crippen LogP contribution in [0.1, 0.15) is 36.9 Å². The van der Waals surface area contributed by atoms with E-state index in [2.05, 4.69) is 22.8 Å². The fourth-order valence-electron chi connectivity index (χ4n) is 3.16. The second kappa shape index (κ2) is 7.83. The normalized spacial score (nSPS) is 15.8. The SMILES string of the molecule is CC(=O)Nc1cccc(OCC(=O)N[C@H]2CCCc3ccccc32)c1. The smallest absolute Gasteiger partial charge is 0.258 e. The molecule has 2 aromatic rings. The average Bonchev–Trinajstić information content (AvgIpc) is 2.60. The van der Waals surface area contributed by atoms with Crippen molar-refractivity contribution in [2.75, 3.05) is 11.9 Å². The standard InChI is InChI=1S/C20H22N2O3/c1-14(23)21-16-8-5-9-17(12-16)25-13-20(24)22-19-11-4-7-15-6-2-3-10-18(15)19/h2-3,5-6,8-10,12,19H,4,7,11,13H2,1H3,(H,21,23)(H,22,24)/t19-/m0/s1. The van der Waals surface area contributed by atoms with Crippen LogP contribution in [0.25, 0.3) is 0 Å². The number of amides is 2. The predicted octanol–water partition coefficient (Wildman–Crippen LogP) is 3.22. The van der Waals surface area contributed by atoms with E-state index in [9.17, 15) is 9.59 Å². The molecule has 3 rings (SSSR count). The fourth-order valence-corrected chi connectivity index (χ4v) is 3.16. The van der Waals surface area contributed by atoms with Gasteiger partial charge in [-0.05, 0) is 42.5 Å². The number of hydrogen-bond acceptors (Lipinski definition) is 3. The number of carbonyl (C=O) groups is 2. The summed E-state index contributed by atoms with van der Waals surface area (Å²) in [7, 11) is 0. The summed E-state index contributed by atoms with van der Waals surface area (Å²) in [6, 6.07) is 15.3. The van der Waals surface area contributed by atoms with Crippen molar-refractivity contribution in [2.45, 2.75) is 32.2 Å². The van der Waals surface area contributed by atoms with Gasteiger partial charge in [-0.3, -0.25) is 9.59 Å². The summed E-state index contributed by atoms with van der Waals surface area (Å²) in [5.41, 5.74) is 3.16. The number of benzene rings is 2. The van der Waals surface area contributed by atoms with Gasteiger partial charge in [0.1, 0.15) is 5.75 Å². The first-order valence-electron chi connectivity index (χ1n) is 8.49. The van der Waals surface area contributed by atoms with Crippen molar-refractivity contribution in [1.29, 1.82) is 0 Å². The van der Waals surface area contributed by atoms with E-state index in [1.807, 2.05) is 12.1 Å². The molecule has 0 fully saturated rings. The molecule has 0 heterocycles. The van der Waals surface area contributed by atoms with Crippen LogP contribution in [0.5, 0.6) is 5.75 Å². The molecule has 0 aromatic heterocycles. The molecule has 1 aliphatic carbocycles. The Balaban J connectivity index is 1.56. The maximum atomic E-state index is 12.3. The van der Waals surface area contributed by atoms with Gasteiger partial charge in [0.2, 0.25) is 5.91 Å². The van der Waals surface area contributed by atoms with E-state index in [-0.39, 0.29) is 24.5 Å². The van der Waals surface area contributed by atoms with Gasteiger partial charge in [-0.2, -0.15) is 0 Å². The Hall–Kier alpha value is -2.82. The van der Waals surface area contributed by atoms with Crippen LogP contribution in [-0.2, 0) is 16.0 Å². The van der Waals surface area contributed by atoms with Gasteiger partial charge in [0.25, 0.3) is 5.91 Å². The molecule has 0 saturated carbocycles. The monoisotopic (exact) mass is 338 g/mol. The number of rotatable bonds is 5. The second-order valence-corrected chi connectivity index (χ2v) is 6.21. The van der Waals surface area contributed by atoms with Gasteiger partial charge in [0.15, 0.2) is 6.61 Å². The number of fused-ring (bicyclic) bond motifs is 1. The Morgan fingerprint density at radius 3 is 2.84 bits per heavy atom. The van der Waals surface area contributed by atoms with E-state index < -0.39 is 0 Å². The molecule has 0 saturated heterocycles. The summed E-state index contributed by atoms with van der Waals surface area (Å²) in [5.74, 6) is 0.253. The molecule has 5 heteroatoms. The van der Waals surface area contributed by atoms with Gasteiger partial charge in [-0.1, -0.05) is 30.3 Å². The van der Waals surface area contributed by atoms with Crippen molar-refractivity contribution >= 4 is 17.5 Å². The molecule has 2 N–H and O–H groups in total.